The Morgan fingerprint density at radius 2 is 1.73 bits per heavy atom. The summed E-state index contributed by atoms with van der Waals surface area (Å²) in [5, 5.41) is 7.54. The molecule has 0 N–H and O–H groups in total. The van der Waals surface area contributed by atoms with Crippen LogP contribution in [0.1, 0.15) is 30.9 Å². The molecular weight excluding hydrogens is 276 g/mol. The van der Waals surface area contributed by atoms with E-state index in [9.17, 15) is 0 Å². The quantitative estimate of drug-likeness (QED) is 0.698. The van der Waals surface area contributed by atoms with Gasteiger partial charge in [-0.15, -0.1) is 10.2 Å². The number of nitrogens with zero attached hydrogens (tertiary/aromatic N) is 2. The fourth-order valence-corrected chi connectivity index (χ4v) is 2.16. The van der Waals surface area contributed by atoms with Crippen LogP contribution < -0.4 is 4.74 Å². The van der Waals surface area contributed by atoms with E-state index in [1.165, 1.54) is 12.0 Å². The fourth-order valence-electron chi connectivity index (χ4n) is 2.16. The normalized spacial score (nSPS) is 10.9. The average molecular weight is 294 g/mol. The SMILES string of the molecule is CC(C)c1ccc(COc2ccc(-c3nnco3)cc2)cc1. The Bertz CT molecular complexity index is 702. The summed E-state index contributed by atoms with van der Waals surface area (Å²) >= 11 is 0. The van der Waals surface area contributed by atoms with Gasteiger partial charge < -0.3 is 9.15 Å². The van der Waals surface area contributed by atoms with Gasteiger partial charge in [-0.2, -0.15) is 0 Å². The molecule has 3 rings (SSSR count). The minimum absolute atomic E-state index is 0.510. The Morgan fingerprint density at radius 1 is 1.00 bits per heavy atom. The first-order valence-corrected chi connectivity index (χ1v) is 7.30. The van der Waals surface area contributed by atoms with Crippen LogP contribution in [-0.4, -0.2) is 10.2 Å². The van der Waals surface area contributed by atoms with Crippen molar-refractivity contribution in [1.82, 2.24) is 10.2 Å². The van der Waals surface area contributed by atoms with Crippen LogP contribution >= 0.6 is 0 Å². The zero-order valence-electron chi connectivity index (χ0n) is 12.7. The molecule has 0 unspecified atom stereocenters. The summed E-state index contributed by atoms with van der Waals surface area (Å²) in [5.74, 6) is 1.87. The van der Waals surface area contributed by atoms with Crippen molar-refractivity contribution in [1.29, 1.82) is 0 Å². The molecule has 0 aliphatic carbocycles. The molecule has 3 aromatic rings. The minimum Gasteiger partial charge on any atom is -0.489 e. The Kier molecular flexibility index (Phi) is 4.19. The number of rotatable bonds is 5. The molecule has 22 heavy (non-hydrogen) atoms. The van der Waals surface area contributed by atoms with Gasteiger partial charge >= 0.3 is 0 Å². The van der Waals surface area contributed by atoms with E-state index < -0.39 is 0 Å². The number of hydrogen-bond acceptors (Lipinski definition) is 4. The zero-order valence-corrected chi connectivity index (χ0v) is 12.7. The van der Waals surface area contributed by atoms with Gasteiger partial charge in [0.25, 0.3) is 0 Å². The molecule has 0 aliphatic rings. The Hall–Kier alpha value is -2.62. The summed E-state index contributed by atoms with van der Waals surface area (Å²) in [6, 6.07) is 16.2. The van der Waals surface area contributed by atoms with Crippen molar-refractivity contribution in [3.05, 3.63) is 66.1 Å². The summed E-state index contributed by atoms with van der Waals surface area (Å²) in [4.78, 5) is 0. The molecule has 4 heteroatoms. The van der Waals surface area contributed by atoms with E-state index in [2.05, 4.69) is 48.3 Å². The molecule has 1 aromatic heterocycles. The van der Waals surface area contributed by atoms with Gasteiger partial charge in [-0.1, -0.05) is 38.1 Å². The molecule has 4 nitrogen and oxygen atoms in total. The summed E-state index contributed by atoms with van der Waals surface area (Å²) in [7, 11) is 0. The summed E-state index contributed by atoms with van der Waals surface area (Å²) < 4.78 is 11.0. The lowest BCUT2D eigenvalue weighted by molar-refractivity contribution is 0.306. The summed E-state index contributed by atoms with van der Waals surface area (Å²) in [6.45, 7) is 4.94. The topological polar surface area (TPSA) is 48.2 Å². The van der Waals surface area contributed by atoms with E-state index in [1.54, 1.807) is 0 Å². The maximum atomic E-state index is 5.80. The molecule has 2 aromatic carbocycles. The maximum absolute atomic E-state index is 5.80. The Labute approximate surface area is 129 Å². The highest BCUT2D eigenvalue weighted by atomic mass is 16.5. The molecule has 0 fully saturated rings. The van der Waals surface area contributed by atoms with E-state index >= 15 is 0 Å². The third-order valence-corrected chi connectivity index (χ3v) is 3.51. The smallest absolute Gasteiger partial charge is 0.247 e. The number of hydrogen-bond donors (Lipinski definition) is 0. The molecule has 1 heterocycles. The number of aromatic nitrogens is 2. The molecular formula is C18H18N2O2. The van der Waals surface area contributed by atoms with Crippen LogP contribution in [0.2, 0.25) is 0 Å². The second kappa shape index (κ2) is 6.43. The molecule has 0 saturated carbocycles. The highest BCUT2D eigenvalue weighted by Crippen LogP contribution is 2.21. The first-order valence-electron chi connectivity index (χ1n) is 7.30. The first-order chi connectivity index (χ1) is 10.7. The second-order valence-corrected chi connectivity index (χ2v) is 5.45. The van der Waals surface area contributed by atoms with Crippen molar-refractivity contribution >= 4 is 0 Å². The van der Waals surface area contributed by atoms with Gasteiger partial charge in [0, 0.05) is 5.56 Å². The van der Waals surface area contributed by atoms with Gasteiger partial charge in [0.1, 0.15) is 12.4 Å². The van der Waals surface area contributed by atoms with Gasteiger partial charge in [0.2, 0.25) is 12.3 Å². The van der Waals surface area contributed by atoms with E-state index in [1.807, 2.05) is 24.3 Å². The molecule has 0 saturated heterocycles. The van der Waals surface area contributed by atoms with Crippen LogP contribution in [0.25, 0.3) is 11.5 Å². The summed E-state index contributed by atoms with van der Waals surface area (Å²) in [5.41, 5.74) is 3.38. The van der Waals surface area contributed by atoms with Crippen molar-refractivity contribution in [3.63, 3.8) is 0 Å². The third kappa shape index (κ3) is 3.34. The van der Waals surface area contributed by atoms with Crippen LogP contribution in [0.5, 0.6) is 5.75 Å². The van der Waals surface area contributed by atoms with Crippen LogP contribution in [-0.2, 0) is 6.61 Å². The second-order valence-electron chi connectivity index (χ2n) is 5.45. The van der Waals surface area contributed by atoms with Gasteiger partial charge in [-0.05, 0) is 41.3 Å². The van der Waals surface area contributed by atoms with Crippen molar-refractivity contribution in [2.24, 2.45) is 0 Å². The fraction of sp³-hybridized carbons (Fsp3) is 0.222. The predicted molar refractivity (Wildman–Crippen MR) is 84.6 cm³/mol. The highest BCUT2D eigenvalue weighted by Gasteiger charge is 2.04. The maximum Gasteiger partial charge on any atom is 0.247 e. The lowest BCUT2D eigenvalue weighted by Crippen LogP contribution is -1.96. The highest BCUT2D eigenvalue weighted by molar-refractivity contribution is 5.53. The average Bonchev–Trinajstić information content (AvgIpc) is 3.08. The van der Waals surface area contributed by atoms with Crippen LogP contribution in [0.3, 0.4) is 0 Å². The zero-order chi connectivity index (χ0) is 15.4. The number of ether oxygens (including phenoxy) is 1. The van der Waals surface area contributed by atoms with Crippen molar-refractivity contribution in [3.8, 4) is 17.2 Å². The summed E-state index contributed by atoms with van der Waals surface area (Å²) in [6.07, 6.45) is 1.32. The monoisotopic (exact) mass is 294 g/mol. The van der Waals surface area contributed by atoms with Gasteiger partial charge in [0.15, 0.2) is 0 Å². The lowest BCUT2D eigenvalue weighted by Gasteiger charge is -2.09. The third-order valence-electron chi connectivity index (χ3n) is 3.51. The molecule has 0 bridgehead atoms. The van der Waals surface area contributed by atoms with E-state index in [-0.39, 0.29) is 0 Å². The molecule has 0 aliphatic heterocycles. The molecule has 112 valence electrons. The molecule has 0 amide bonds. The Balaban J connectivity index is 1.61. The number of benzene rings is 2. The molecule has 0 atom stereocenters. The molecule has 0 radical (unpaired) electrons. The standard InChI is InChI=1S/C18H18N2O2/c1-13(2)15-5-3-14(4-6-15)11-21-17-9-7-16(8-10-17)18-20-19-12-22-18/h3-10,12-13H,11H2,1-2H3. The van der Waals surface area contributed by atoms with Crippen molar-refractivity contribution in [2.45, 2.75) is 26.4 Å². The van der Waals surface area contributed by atoms with Crippen LogP contribution in [0.15, 0.2) is 59.3 Å². The van der Waals surface area contributed by atoms with E-state index in [4.69, 9.17) is 9.15 Å². The Morgan fingerprint density at radius 3 is 2.32 bits per heavy atom. The van der Waals surface area contributed by atoms with E-state index in [0.717, 1.165) is 16.9 Å². The van der Waals surface area contributed by atoms with Gasteiger partial charge in [-0.25, -0.2) is 0 Å². The first kappa shape index (κ1) is 14.3. The van der Waals surface area contributed by atoms with Crippen molar-refractivity contribution < 1.29 is 9.15 Å². The van der Waals surface area contributed by atoms with Crippen molar-refractivity contribution in [2.75, 3.05) is 0 Å². The minimum atomic E-state index is 0.510. The van der Waals surface area contributed by atoms with Crippen LogP contribution in [0.4, 0.5) is 0 Å². The van der Waals surface area contributed by atoms with Crippen LogP contribution in [0, 0.1) is 0 Å². The molecule has 0 spiro atoms. The van der Waals surface area contributed by atoms with E-state index in [0.29, 0.717) is 18.4 Å². The largest absolute Gasteiger partial charge is 0.489 e. The lowest BCUT2D eigenvalue weighted by atomic mass is 10.0. The van der Waals surface area contributed by atoms with Gasteiger partial charge in [-0.3, -0.25) is 0 Å². The predicted octanol–water partition coefficient (Wildman–Crippen LogP) is 4.44. The van der Waals surface area contributed by atoms with Gasteiger partial charge in [0.05, 0.1) is 0 Å².